The summed E-state index contributed by atoms with van der Waals surface area (Å²) < 4.78 is 15.4. The van der Waals surface area contributed by atoms with Crippen LogP contribution in [-0.2, 0) is 25.6 Å². The van der Waals surface area contributed by atoms with Gasteiger partial charge in [-0.2, -0.15) is 0 Å². The van der Waals surface area contributed by atoms with Crippen molar-refractivity contribution in [2.24, 2.45) is 0 Å². The molecule has 0 radical (unpaired) electrons. The Labute approximate surface area is 125 Å². The first-order valence-electron chi connectivity index (χ1n) is 6.99. The molecule has 1 aromatic carbocycles. The number of carbonyl (C=O) groups is 1. The highest BCUT2D eigenvalue weighted by Crippen LogP contribution is 2.00. The molecule has 0 aliphatic carbocycles. The fourth-order valence-corrected chi connectivity index (χ4v) is 1.51. The van der Waals surface area contributed by atoms with Crippen molar-refractivity contribution in [2.75, 3.05) is 46.1 Å². The van der Waals surface area contributed by atoms with Crippen LogP contribution in [0.5, 0.6) is 0 Å². The van der Waals surface area contributed by atoms with Gasteiger partial charge in [-0.1, -0.05) is 30.3 Å². The summed E-state index contributed by atoms with van der Waals surface area (Å²) in [7, 11) is 0. The predicted octanol–water partition coefficient (Wildman–Crippen LogP) is 0.345. The van der Waals surface area contributed by atoms with Crippen LogP contribution in [0.3, 0.4) is 0 Å². The normalized spacial score (nSPS) is 10.5. The summed E-state index contributed by atoms with van der Waals surface area (Å²) in [5.74, 6) is -0.287. The number of carbonyl (C=O) groups excluding carboxylic acids is 1. The van der Waals surface area contributed by atoms with Crippen molar-refractivity contribution in [3.05, 3.63) is 35.9 Å². The lowest BCUT2D eigenvalue weighted by atomic mass is 10.2. The number of aliphatic hydroxyl groups is 1. The molecular weight excluding hydrogens is 274 g/mol. The van der Waals surface area contributed by atoms with Crippen molar-refractivity contribution in [3.63, 3.8) is 0 Å². The van der Waals surface area contributed by atoms with E-state index in [0.29, 0.717) is 39.6 Å². The second-order valence-electron chi connectivity index (χ2n) is 4.27. The molecule has 0 saturated heterocycles. The van der Waals surface area contributed by atoms with Gasteiger partial charge in [0.25, 0.3) is 0 Å². The molecule has 1 aromatic rings. The summed E-state index contributed by atoms with van der Waals surface area (Å²) in [5.41, 5.74) is 0.970. The van der Waals surface area contributed by atoms with Crippen molar-refractivity contribution in [1.82, 2.24) is 5.32 Å². The largest absolute Gasteiger partial charge is 0.460 e. The number of esters is 1. The standard InChI is InChI=1S/C15H23NO5/c17-7-9-20-11-10-19-8-6-16-12-15(18)21-13-14-4-2-1-3-5-14/h1-5,16-17H,6-13H2. The molecule has 0 aliphatic heterocycles. The molecule has 6 heteroatoms. The fourth-order valence-electron chi connectivity index (χ4n) is 1.51. The van der Waals surface area contributed by atoms with Crippen LogP contribution in [-0.4, -0.2) is 57.2 Å². The minimum atomic E-state index is -0.287. The smallest absolute Gasteiger partial charge is 0.320 e. The lowest BCUT2D eigenvalue weighted by Gasteiger charge is -2.07. The third-order valence-corrected chi connectivity index (χ3v) is 2.54. The van der Waals surface area contributed by atoms with Gasteiger partial charge in [0.05, 0.1) is 39.6 Å². The summed E-state index contributed by atoms with van der Waals surface area (Å²) in [6.07, 6.45) is 0. The molecule has 0 saturated carbocycles. The Hall–Kier alpha value is -1.47. The zero-order valence-electron chi connectivity index (χ0n) is 12.1. The molecular formula is C15H23NO5. The Kier molecular flexibility index (Phi) is 10.3. The second-order valence-corrected chi connectivity index (χ2v) is 4.27. The van der Waals surface area contributed by atoms with Gasteiger partial charge in [0, 0.05) is 6.54 Å². The first-order valence-corrected chi connectivity index (χ1v) is 6.99. The molecule has 0 bridgehead atoms. The summed E-state index contributed by atoms with van der Waals surface area (Å²) in [4.78, 5) is 11.5. The van der Waals surface area contributed by atoms with E-state index in [1.54, 1.807) is 0 Å². The van der Waals surface area contributed by atoms with Crippen LogP contribution in [0.15, 0.2) is 30.3 Å². The first-order chi connectivity index (χ1) is 10.3. The first kappa shape index (κ1) is 17.6. The van der Waals surface area contributed by atoms with Gasteiger partial charge in [-0.05, 0) is 5.56 Å². The van der Waals surface area contributed by atoms with Gasteiger partial charge in [-0.15, -0.1) is 0 Å². The fraction of sp³-hybridized carbons (Fsp3) is 0.533. The minimum Gasteiger partial charge on any atom is -0.460 e. The predicted molar refractivity (Wildman–Crippen MR) is 77.8 cm³/mol. The molecule has 118 valence electrons. The van der Waals surface area contributed by atoms with Crippen LogP contribution in [0.25, 0.3) is 0 Å². The Morgan fingerprint density at radius 2 is 1.76 bits per heavy atom. The number of rotatable bonds is 12. The van der Waals surface area contributed by atoms with Gasteiger partial charge in [0.2, 0.25) is 0 Å². The molecule has 0 atom stereocenters. The molecule has 6 nitrogen and oxygen atoms in total. The van der Waals surface area contributed by atoms with Crippen molar-refractivity contribution < 1.29 is 24.1 Å². The monoisotopic (exact) mass is 297 g/mol. The van der Waals surface area contributed by atoms with E-state index in [1.807, 2.05) is 30.3 Å². The van der Waals surface area contributed by atoms with E-state index < -0.39 is 0 Å². The van der Waals surface area contributed by atoms with Crippen molar-refractivity contribution in [2.45, 2.75) is 6.61 Å². The molecule has 0 heterocycles. The van der Waals surface area contributed by atoms with Gasteiger partial charge < -0.3 is 24.6 Å². The molecule has 0 fully saturated rings. The molecule has 2 N–H and O–H groups in total. The number of benzene rings is 1. The summed E-state index contributed by atoms with van der Waals surface area (Å²) >= 11 is 0. The zero-order valence-corrected chi connectivity index (χ0v) is 12.1. The zero-order chi connectivity index (χ0) is 15.2. The SMILES string of the molecule is O=C(CNCCOCCOCCO)OCc1ccccc1. The summed E-state index contributed by atoms with van der Waals surface area (Å²) in [6.45, 7) is 2.80. The van der Waals surface area contributed by atoms with Crippen LogP contribution in [0.4, 0.5) is 0 Å². The highest BCUT2D eigenvalue weighted by molar-refractivity contribution is 5.71. The number of aliphatic hydroxyl groups excluding tert-OH is 1. The average molecular weight is 297 g/mol. The highest BCUT2D eigenvalue weighted by Gasteiger charge is 2.02. The number of nitrogens with one attached hydrogen (secondary N) is 1. The van der Waals surface area contributed by atoms with Crippen molar-refractivity contribution >= 4 is 5.97 Å². The van der Waals surface area contributed by atoms with Crippen LogP contribution < -0.4 is 5.32 Å². The van der Waals surface area contributed by atoms with E-state index in [-0.39, 0.29) is 19.1 Å². The molecule has 21 heavy (non-hydrogen) atoms. The third-order valence-electron chi connectivity index (χ3n) is 2.54. The van der Waals surface area contributed by atoms with Crippen LogP contribution >= 0.6 is 0 Å². The number of hydrogen-bond acceptors (Lipinski definition) is 6. The van der Waals surface area contributed by atoms with Crippen LogP contribution in [0.1, 0.15) is 5.56 Å². The van der Waals surface area contributed by atoms with E-state index in [0.717, 1.165) is 5.56 Å². The van der Waals surface area contributed by atoms with Crippen LogP contribution in [0.2, 0.25) is 0 Å². The maximum absolute atomic E-state index is 11.5. The van der Waals surface area contributed by atoms with Gasteiger partial charge >= 0.3 is 5.97 Å². The van der Waals surface area contributed by atoms with E-state index in [4.69, 9.17) is 19.3 Å². The molecule has 0 spiro atoms. The van der Waals surface area contributed by atoms with E-state index >= 15 is 0 Å². The Balaban J connectivity index is 1.89. The van der Waals surface area contributed by atoms with Gasteiger partial charge in [-0.3, -0.25) is 4.79 Å². The average Bonchev–Trinajstić information content (AvgIpc) is 2.52. The van der Waals surface area contributed by atoms with Gasteiger partial charge in [-0.25, -0.2) is 0 Å². The topological polar surface area (TPSA) is 77.0 Å². The van der Waals surface area contributed by atoms with Crippen molar-refractivity contribution in [1.29, 1.82) is 0 Å². The summed E-state index contributed by atoms with van der Waals surface area (Å²) in [5, 5.41) is 11.4. The number of ether oxygens (including phenoxy) is 3. The maximum Gasteiger partial charge on any atom is 0.320 e. The highest BCUT2D eigenvalue weighted by atomic mass is 16.5. The quantitative estimate of drug-likeness (QED) is 0.428. The second kappa shape index (κ2) is 12.3. The Bertz CT molecular complexity index is 372. The maximum atomic E-state index is 11.5. The van der Waals surface area contributed by atoms with Gasteiger partial charge in [0.1, 0.15) is 6.61 Å². The van der Waals surface area contributed by atoms with E-state index in [2.05, 4.69) is 5.32 Å². The lowest BCUT2D eigenvalue weighted by Crippen LogP contribution is -2.28. The molecule has 0 aliphatic rings. The molecule has 0 amide bonds. The summed E-state index contributed by atoms with van der Waals surface area (Å²) in [6, 6.07) is 9.55. The van der Waals surface area contributed by atoms with Crippen molar-refractivity contribution in [3.8, 4) is 0 Å². The molecule has 0 aromatic heterocycles. The van der Waals surface area contributed by atoms with E-state index in [1.165, 1.54) is 0 Å². The molecule has 0 unspecified atom stereocenters. The number of hydrogen-bond donors (Lipinski definition) is 2. The Morgan fingerprint density at radius 3 is 2.48 bits per heavy atom. The van der Waals surface area contributed by atoms with Gasteiger partial charge in [0.15, 0.2) is 0 Å². The van der Waals surface area contributed by atoms with Crippen LogP contribution in [0, 0.1) is 0 Å². The Morgan fingerprint density at radius 1 is 1.05 bits per heavy atom. The van der Waals surface area contributed by atoms with E-state index in [9.17, 15) is 4.79 Å². The third kappa shape index (κ3) is 9.97. The minimum absolute atomic E-state index is 0.0205. The molecule has 1 rings (SSSR count). The lowest BCUT2D eigenvalue weighted by molar-refractivity contribution is -0.143.